The van der Waals surface area contributed by atoms with Crippen molar-refractivity contribution in [1.29, 1.82) is 0 Å². The summed E-state index contributed by atoms with van der Waals surface area (Å²) in [6.07, 6.45) is 4.68. The van der Waals surface area contributed by atoms with Crippen LogP contribution in [-0.4, -0.2) is 56.3 Å². The van der Waals surface area contributed by atoms with Crippen LogP contribution in [0.4, 0.5) is 0 Å². The van der Waals surface area contributed by atoms with E-state index < -0.39 is 10.0 Å². The molecule has 26 heavy (non-hydrogen) atoms. The zero-order chi connectivity index (χ0) is 18.7. The molecule has 7 heteroatoms. The molecule has 2 aliphatic rings. The molecule has 2 fully saturated rings. The molecule has 2 heterocycles. The number of carbonyl (C=O) groups is 1. The van der Waals surface area contributed by atoms with Crippen LogP contribution >= 0.6 is 0 Å². The number of nitrogens with two attached hydrogens (primary N) is 1. The molecule has 1 aromatic rings. The maximum atomic E-state index is 13.0. The molecule has 1 amide bonds. The molecule has 0 spiro atoms. The summed E-state index contributed by atoms with van der Waals surface area (Å²) in [5, 5.41) is 0. The average molecular weight is 380 g/mol. The predicted octanol–water partition coefficient (Wildman–Crippen LogP) is 1.98. The maximum absolute atomic E-state index is 13.0. The topological polar surface area (TPSA) is 83.7 Å². The molecule has 0 radical (unpaired) electrons. The molecule has 2 aliphatic heterocycles. The van der Waals surface area contributed by atoms with Crippen LogP contribution in [0.15, 0.2) is 23.1 Å². The monoisotopic (exact) mass is 379 g/mol. The lowest BCUT2D eigenvalue weighted by Gasteiger charge is -2.31. The number of sulfonamides is 1. The van der Waals surface area contributed by atoms with E-state index in [2.05, 4.69) is 0 Å². The van der Waals surface area contributed by atoms with Crippen LogP contribution < -0.4 is 5.73 Å². The lowest BCUT2D eigenvalue weighted by molar-refractivity contribution is 0.0693. The Kier molecular flexibility index (Phi) is 5.99. The number of amides is 1. The summed E-state index contributed by atoms with van der Waals surface area (Å²) >= 11 is 0. The Bertz CT molecular complexity index is 749. The van der Waals surface area contributed by atoms with Gasteiger partial charge in [0.15, 0.2) is 0 Å². The smallest absolute Gasteiger partial charge is 0.253 e. The van der Waals surface area contributed by atoms with Gasteiger partial charge in [0.1, 0.15) is 0 Å². The molecule has 0 bridgehead atoms. The highest BCUT2D eigenvalue weighted by molar-refractivity contribution is 7.89. The number of likely N-dealkylation sites (tertiary alicyclic amines) is 1. The third-order valence-electron chi connectivity index (χ3n) is 5.60. The number of carbonyl (C=O) groups excluding carboxylic acids is 1. The summed E-state index contributed by atoms with van der Waals surface area (Å²) in [7, 11) is -3.55. The fourth-order valence-corrected chi connectivity index (χ4v) is 5.58. The van der Waals surface area contributed by atoms with Gasteiger partial charge in [0.2, 0.25) is 10.0 Å². The standard InChI is InChI=1S/C19H29N3O3S/c1-15-5-6-17(19(23)21-11-7-16(14-20)8-12-21)13-18(15)26(24,25)22-9-3-2-4-10-22/h5-6,13,16H,2-4,7-12,14,20H2,1H3. The second-order valence-electron chi connectivity index (χ2n) is 7.42. The summed E-state index contributed by atoms with van der Waals surface area (Å²) in [6, 6.07) is 5.05. The fourth-order valence-electron chi connectivity index (χ4n) is 3.81. The van der Waals surface area contributed by atoms with Crippen LogP contribution in [0, 0.1) is 12.8 Å². The minimum absolute atomic E-state index is 0.0874. The van der Waals surface area contributed by atoms with Crippen LogP contribution in [0.3, 0.4) is 0 Å². The SMILES string of the molecule is Cc1ccc(C(=O)N2CCC(CN)CC2)cc1S(=O)(=O)N1CCCCC1. The number of piperidine rings is 2. The van der Waals surface area contributed by atoms with Crippen molar-refractivity contribution in [2.45, 2.75) is 43.9 Å². The van der Waals surface area contributed by atoms with Gasteiger partial charge < -0.3 is 10.6 Å². The van der Waals surface area contributed by atoms with E-state index in [4.69, 9.17) is 5.73 Å². The van der Waals surface area contributed by atoms with Crippen LogP contribution in [0.2, 0.25) is 0 Å². The molecule has 2 N–H and O–H groups in total. The summed E-state index contributed by atoms with van der Waals surface area (Å²) in [4.78, 5) is 14.9. The third kappa shape index (κ3) is 3.94. The molecule has 0 aromatic heterocycles. The molecular weight excluding hydrogens is 350 g/mol. The molecule has 0 unspecified atom stereocenters. The number of rotatable bonds is 4. The Labute approximate surface area is 156 Å². The Morgan fingerprint density at radius 1 is 1.12 bits per heavy atom. The zero-order valence-corrected chi connectivity index (χ0v) is 16.3. The molecule has 144 valence electrons. The Hall–Kier alpha value is -1.44. The molecule has 0 aliphatic carbocycles. The van der Waals surface area contributed by atoms with Gasteiger partial charge in [-0.3, -0.25) is 4.79 Å². The summed E-state index contributed by atoms with van der Waals surface area (Å²) in [5.74, 6) is 0.391. The van der Waals surface area contributed by atoms with Crippen molar-refractivity contribution >= 4 is 15.9 Å². The van der Waals surface area contributed by atoms with E-state index in [0.29, 0.717) is 49.8 Å². The molecule has 3 rings (SSSR count). The highest BCUT2D eigenvalue weighted by atomic mass is 32.2. The first-order chi connectivity index (χ1) is 12.4. The largest absolute Gasteiger partial charge is 0.339 e. The molecule has 0 atom stereocenters. The number of benzene rings is 1. The quantitative estimate of drug-likeness (QED) is 0.867. The van der Waals surface area contributed by atoms with Gasteiger partial charge in [0.25, 0.3) is 5.91 Å². The van der Waals surface area contributed by atoms with Crippen molar-refractivity contribution in [3.63, 3.8) is 0 Å². The average Bonchev–Trinajstić information content (AvgIpc) is 2.68. The van der Waals surface area contributed by atoms with E-state index >= 15 is 0 Å². The highest BCUT2D eigenvalue weighted by Crippen LogP contribution is 2.25. The van der Waals surface area contributed by atoms with Gasteiger partial charge in [-0.25, -0.2) is 8.42 Å². The van der Waals surface area contributed by atoms with E-state index in [1.54, 1.807) is 29.4 Å². The summed E-state index contributed by atoms with van der Waals surface area (Å²) < 4.78 is 27.6. The van der Waals surface area contributed by atoms with Gasteiger partial charge in [-0.05, 0) is 62.8 Å². The maximum Gasteiger partial charge on any atom is 0.253 e. The van der Waals surface area contributed by atoms with Crippen LogP contribution in [-0.2, 0) is 10.0 Å². The number of nitrogens with zero attached hydrogens (tertiary/aromatic N) is 2. The first kappa shape index (κ1) is 19.3. The first-order valence-electron chi connectivity index (χ1n) is 9.53. The second-order valence-corrected chi connectivity index (χ2v) is 9.32. The first-order valence-corrected chi connectivity index (χ1v) is 11.0. The van der Waals surface area contributed by atoms with Gasteiger partial charge >= 0.3 is 0 Å². The van der Waals surface area contributed by atoms with Crippen LogP contribution in [0.5, 0.6) is 0 Å². The van der Waals surface area contributed by atoms with E-state index in [1.807, 2.05) is 4.90 Å². The molecule has 0 saturated carbocycles. The number of hydrogen-bond donors (Lipinski definition) is 1. The molecule has 1 aromatic carbocycles. The Morgan fingerprint density at radius 2 is 1.77 bits per heavy atom. The summed E-state index contributed by atoms with van der Waals surface area (Å²) in [6.45, 7) is 4.94. The van der Waals surface area contributed by atoms with Gasteiger partial charge in [-0.2, -0.15) is 4.31 Å². The van der Waals surface area contributed by atoms with E-state index in [0.717, 1.165) is 32.1 Å². The van der Waals surface area contributed by atoms with Crippen LogP contribution in [0.1, 0.15) is 48.0 Å². The van der Waals surface area contributed by atoms with Crippen molar-refractivity contribution < 1.29 is 13.2 Å². The van der Waals surface area contributed by atoms with Crippen molar-refractivity contribution in [3.8, 4) is 0 Å². The number of aryl methyl sites for hydroxylation is 1. The van der Waals surface area contributed by atoms with E-state index in [9.17, 15) is 13.2 Å². The zero-order valence-electron chi connectivity index (χ0n) is 15.5. The highest BCUT2D eigenvalue weighted by Gasteiger charge is 2.29. The van der Waals surface area contributed by atoms with Gasteiger partial charge in [-0.15, -0.1) is 0 Å². The molecule has 2 saturated heterocycles. The number of hydrogen-bond acceptors (Lipinski definition) is 4. The van der Waals surface area contributed by atoms with Gasteiger partial charge in [0, 0.05) is 31.7 Å². The Balaban J connectivity index is 1.82. The normalized spacial score (nSPS) is 20.3. The second kappa shape index (κ2) is 8.06. The molecular formula is C19H29N3O3S. The van der Waals surface area contributed by atoms with E-state index in [1.165, 1.54) is 0 Å². The van der Waals surface area contributed by atoms with Gasteiger partial charge in [-0.1, -0.05) is 12.5 Å². The van der Waals surface area contributed by atoms with Crippen molar-refractivity contribution in [2.24, 2.45) is 11.7 Å². The van der Waals surface area contributed by atoms with Crippen molar-refractivity contribution in [1.82, 2.24) is 9.21 Å². The van der Waals surface area contributed by atoms with Crippen molar-refractivity contribution in [3.05, 3.63) is 29.3 Å². The van der Waals surface area contributed by atoms with Crippen molar-refractivity contribution in [2.75, 3.05) is 32.7 Å². The predicted molar refractivity (Wildman–Crippen MR) is 101 cm³/mol. The van der Waals surface area contributed by atoms with Gasteiger partial charge in [0.05, 0.1) is 4.90 Å². The fraction of sp³-hybridized carbons (Fsp3) is 0.632. The minimum atomic E-state index is -3.55. The molecule has 6 nitrogen and oxygen atoms in total. The minimum Gasteiger partial charge on any atom is -0.339 e. The lowest BCUT2D eigenvalue weighted by Crippen LogP contribution is -2.40. The third-order valence-corrected chi connectivity index (χ3v) is 7.64. The lowest BCUT2D eigenvalue weighted by atomic mass is 9.96. The van der Waals surface area contributed by atoms with Crippen LogP contribution in [0.25, 0.3) is 0 Å². The summed E-state index contributed by atoms with van der Waals surface area (Å²) in [5.41, 5.74) is 6.86. The Morgan fingerprint density at radius 3 is 2.38 bits per heavy atom. The van der Waals surface area contributed by atoms with E-state index in [-0.39, 0.29) is 10.8 Å².